The van der Waals surface area contributed by atoms with Crippen molar-refractivity contribution in [3.05, 3.63) is 65.6 Å². The van der Waals surface area contributed by atoms with Gasteiger partial charge < -0.3 is 0 Å². The van der Waals surface area contributed by atoms with E-state index in [-0.39, 0.29) is 0 Å². The molecule has 0 aliphatic carbocycles. The van der Waals surface area contributed by atoms with Crippen LogP contribution in [0.15, 0.2) is 48.8 Å². The van der Waals surface area contributed by atoms with Gasteiger partial charge in [0.05, 0.1) is 0 Å². The average Bonchev–Trinajstić information content (AvgIpc) is 2.60. The summed E-state index contributed by atoms with van der Waals surface area (Å²) in [4.78, 5) is 13.4. The van der Waals surface area contributed by atoms with Crippen molar-refractivity contribution in [3.8, 4) is 22.6 Å². The molecule has 23 heavy (non-hydrogen) atoms. The van der Waals surface area contributed by atoms with Crippen molar-refractivity contribution in [1.82, 2.24) is 15.0 Å². The molecule has 0 spiro atoms. The summed E-state index contributed by atoms with van der Waals surface area (Å²) in [6, 6.07) is 12.2. The summed E-state index contributed by atoms with van der Waals surface area (Å²) in [6.07, 6.45) is 3.64. The molecule has 118 valence electrons. The predicted octanol–water partition coefficient (Wildman–Crippen LogP) is 5.16. The van der Waals surface area contributed by atoms with E-state index in [1.165, 1.54) is 11.1 Å². The molecular formula is C20H23N3. The SMILES string of the molecule is CC.Cc1ccc(-c2cnc(-c3ccccn3)nc2C)cc1C. The number of nitrogens with zero attached hydrogens (tertiary/aromatic N) is 3. The second-order valence-corrected chi connectivity index (χ2v) is 5.21. The van der Waals surface area contributed by atoms with Gasteiger partial charge in [0, 0.05) is 23.7 Å². The summed E-state index contributed by atoms with van der Waals surface area (Å²) < 4.78 is 0. The zero-order valence-electron chi connectivity index (χ0n) is 14.5. The Hall–Kier alpha value is -2.55. The topological polar surface area (TPSA) is 38.7 Å². The highest BCUT2D eigenvalue weighted by Gasteiger charge is 2.08. The Kier molecular flexibility index (Phi) is 5.58. The normalized spacial score (nSPS) is 9.96. The first kappa shape index (κ1) is 16.8. The lowest BCUT2D eigenvalue weighted by atomic mass is 10.0. The highest BCUT2D eigenvalue weighted by Crippen LogP contribution is 2.25. The Morgan fingerprint density at radius 2 is 1.61 bits per heavy atom. The van der Waals surface area contributed by atoms with E-state index >= 15 is 0 Å². The van der Waals surface area contributed by atoms with Gasteiger partial charge in [0.15, 0.2) is 5.82 Å². The van der Waals surface area contributed by atoms with E-state index in [9.17, 15) is 0 Å². The van der Waals surface area contributed by atoms with Crippen LogP contribution in [0.25, 0.3) is 22.6 Å². The number of aromatic nitrogens is 3. The number of benzene rings is 1. The summed E-state index contributed by atoms with van der Waals surface area (Å²) in [7, 11) is 0. The molecular weight excluding hydrogens is 282 g/mol. The molecule has 0 N–H and O–H groups in total. The van der Waals surface area contributed by atoms with Gasteiger partial charge in [-0.3, -0.25) is 4.98 Å². The van der Waals surface area contributed by atoms with Crippen LogP contribution >= 0.6 is 0 Å². The van der Waals surface area contributed by atoms with Gasteiger partial charge in [-0.1, -0.05) is 38.1 Å². The molecule has 1 aromatic carbocycles. The minimum atomic E-state index is 0.667. The summed E-state index contributed by atoms with van der Waals surface area (Å²) >= 11 is 0. The molecule has 0 radical (unpaired) electrons. The van der Waals surface area contributed by atoms with Crippen LogP contribution in [-0.4, -0.2) is 15.0 Å². The van der Waals surface area contributed by atoms with Crippen molar-refractivity contribution in [3.63, 3.8) is 0 Å². The molecule has 3 aromatic rings. The summed E-state index contributed by atoms with van der Waals surface area (Å²) in [5.74, 6) is 0.667. The van der Waals surface area contributed by atoms with Crippen molar-refractivity contribution >= 4 is 0 Å². The fourth-order valence-corrected chi connectivity index (χ4v) is 2.28. The van der Waals surface area contributed by atoms with Gasteiger partial charge in [0.1, 0.15) is 5.69 Å². The lowest BCUT2D eigenvalue weighted by Crippen LogP contribution is -1.96. The fourth-order valence-electron chi connectivity index (χ4n) is 2.28. The zero-order chi connectivity index (χ0) is 16.8. The van der Waals surface area contributed by atoms with E-state index in [2.05, 4.69) is 47.0 Å². The Morgan fingerprint density at radius 1 is 0.826 bits per heavy atom. The van der Waals surface area contributed by atoms with Gasteiger partial charge >= 0.3 is 0 Å². The van der Waals surface area contributed by atoms with Crippen LogP contribution in [0.1, 0.15) is 30.7 Å². The van der Waals surface area contributed by atoms with Gasteiger partial charge in [-0.25, -0.2) is 9.97 Å². The maximum absolute atomic E-state index is 4.60. The molecule has 0 aliphatic rings. The van der Waals surface area contributed by atoms with Crippen LogP contribution < -0.4 is 0 Å². The van der Waals surface area contributed by atoms with Crippen LogP contribution in [0.4, 0.5) is 0 Å². The highest BCUT2D eigenvalue weighted by molar-refractivity contribution is 5.67. The van der Waals surface area contributed by atoms with Crippen LogP contribution in [0, 0.1) is 20.8 Å². The number of hydrogen-bond donors (Lipinski definition) is 0. The minimum absolute atomic E-state index is 0.667. The molecule has 2 heterocycles. The molecule has 0 saturated heterocycles. The van der Waals surface area contributed by atoms with E-state index in [1.54, 1.807) is 6.20 Å². The summed E-state index contributed by atoms with van der Waals surface area (Å²) in [5.41, 5.74) is 6.56. The van der Waals surface area contributed by atoms with Crippen LogP contribution in [-0.2, 0) is 0 Å². The van der Waals surface area contributed by atoms with E-state index in [0.29, 0.717) is 5.82 Å². The van der Waals surface area contributed by atoms with Gasteiger partial charge in [0.25, 0.3) is 0 Å². The largest absolute Gasteiger partial charge is 0.253 e. The Bertz CT molecular complexity index is 780. The summed E-state index contributed by atoms with van der Waals surface area (Å²) in [6.45, 7) is 10.3. The monoisotopic (exact) mass is 305 g/mol. The highest BCUT2D eigenvalue weighted by atomic mass is 14.9. The van der Waals surface area contributed by atoms with E-state index in [0.717, 1.165) is 22.5 Å². The number of pyridine rings is 1. The van der Waals surface area contributed by atoms with E-state index in [1.807, 2.05) is 45.2 Å². The molecule has 3 heteroatoms. The smallest absolute Gasteiger partial charge is 0.178 e. The number of rotatable bonds is 2. The zero-order valence-corrected chi connectivity index (χ0v) is 14.5. The molecule has 3 rings (SSSR count). The van der Waals surface area contributed by atoms with Gasteiger partial charge in [0.2, 0.25) is 0 Å². The first-order valence-corrected chi connectivity index (χ1v) is 7.98. The standard InChI is InChI=1S/C18H17N3.C2H6/c1-12-7-8-15(10-13(12)2)16-11-20-18(21-14(16)3)17-6-4-5-9-19-17;1-2/h4-11H,1-3H3;1-2H3. The Labute approximate surface area is 138 Å². The number of hydrogen-bond acceptors (Lipinski definition) is 3. The molecule has 3 nitrogen and oxygen atoms in total. The van der Waals surface area contributed by atoms with Crippen molar-refractivity contribution in [2.75, 3.05) is 0 Å². The van der Waals surface area contributed by atoms with Crippen molar-refractivity contribution in [1.29, 1.82) is 0 Å². The average molecular weight is 305 g/mol. The maximum atomic E-state index is 4.60. The van der Waals surface area contributed by atoms with E-state index in [4.69, 9.17) is 0 Å². The fraction of sp³-hybridized carbons (Fsp3) is 0.250. The quantitative estimate of drug-likeness (QED) is 0.656. The molecule has 2 aromatic heterocycles. The molecule has 0 fully saturated rings. The van der Waals surface area contributed by atoms with Gasteiger partial charge in [-0.2, -0.15) is 0 Å². The van der Waals surface area contributed by atoms with Crippen LogP contribution in [0.2, 0.25) is 0 Å². The first-order chi connectivity index (χ1) is 11.1. The third-order valence-corrected chi connectivity index (χ3v) is 3.69. The molecule has 0 bridgehead atoms. The summed E-state index contributed by atoms with van der Waals surface area (Å²) in [5, 5.41) is 0. The minimum Gasteiger partial charge on any atom is -0.253 e. The lowest BCUT2D eigenvalue weighted by molar-refractivity contribution is 1.09. The second-order valence-electron chi connectivity index (χ2n) is 5.21. The third kappa shape index (κ3) is 3.81. The number of aryl methyl sites for hydroxylation is 3. The van der Waals surface area contributed by atoms with Gasteiger partial charge in [-0.05, 0) is 49.6 Å². The third-order valence-electron chi connectivity index (χ3n) is 3.69. The molecule has 0 aliphatic heterocycles. The lowest BCUT2D eigenvalue weighted by Gasteiger charge is -2.09. The van der Waals surface area contributed by atoms with Crippen LogP contribution in [0.5, 0.6) is 0 Å². The first-order valence-electron chi connectivity index (χ1n) is 7.98. The second kappa shape index (κ2) is 7.63. The Balaban J connectivity index is 0.000000924. The molecule has 0 unspecified atom stereocenters. The predicted molar refractivity (Wildman–Crippen MR) is 96.3 cm³/mol. The maximum Gasteiger partial charge on any atom is 0.178 e. The van der Waals surface area contributed by atoms with E-state index < -0.39 is 0 Å². The van der Waals surface area contributed by atoms with Gasteiger partial charge in [-0.15, -0.1) is 0 Å². The molecule has 0 saturated carbocycles. The van der Waals surface area contributed by atoms with Crippen molar-refractivity contribution < 1.29 is 0 Å². The van der Waals surface area contributed by atoms with Crippen molar-refractivity contribution in [2.45, 2.75) is 34.6 Å². The van der Waals surface area contributed by atoms with Crippen LogP contribution in [0.3, 0.4) is 0 Å². The molecule has 0 atom stereocenters. The Morgan fingerprint density at radius 3 is 2.22 bits per heavy atom. The van der Waals surface area contributed by atoms with Crippen molar-refractivity contribution in [2.24, 2.45) is 0 Å². The molecule has 0 amide bonds.